The van der Waals surface area contributed by atoms with Crippen LogP contribution in [0.25, 0.3) is 0 Å². The molecule has 0 spiro atoms. The van der Waals surface area contributed by atoms with Crippen LogP contribution < -0.4 is 14.4 Å². The number of thiazole rings is 1. The summed E-state index contributed by atoms with van der Waals surface area (Å²) in [6.07, 6.45) is 1.46. The Bertz CT molecular complexity index is 1110. The lowest BCUT2D eigenvalue weighted by Crippen LogP contribution is -2.29. The number of rotatable bonds is 5. The largest absolute Gasteiger partial charge is 0.489 e. The number of halogens is 2. The summed E-state index contributed by atoms with van der Waals surface area (Å²) in [6.45, 7) is 0.453. The first-order chi connectivity index (χ1) is 13.5. The molecule has 4 rings (SSSR count). The van der Waals surface area contributed by atoms with Crippen molar-refractivity contribution in [2.75, 3.05) is 22.8 Å². The third-order valence-corrected chi connectivity index (χ3v) is 7.05. The Morgan fingerprint density at radius 3 is 2.79 bits per heavy atom. The van der Waals surface area contributed by atoms with E-state index in [4.69, 9.17) is 4.74 Å². The van der Waals surface area contributed by atoms with Crippen LogP contribution in [0.4, 0.5) is 20.8 Å². The van der Waals surface area contributed by atoms with Crippen LogP contribution in [0.1, 0.15) is 5.56 Å². The molecule has 0 atom stereocenters. The van der Waals surface area contributed by atoms with E-state index in [0.717, 1.165) is 15.8 Å². The lowest BCUT2D eigenvalue weighted by Gasteiger charge is -2.32. The van der Waals surface area contributed by atoms with Gasteiger partial charge in [-0.1, -0.05) is 6.07 Å². The number of fused-ring (bicyclic) bond motifs is 1. The third kappa shape index (κ3) is 3.71. The van der Waals surface area contributed by atoms with E-state index in [0.29, 0.717) is 29.5 Å². The summed E-state index contributed by atoms with van der Waals surface area (Å²) in [6, 6.07) is 10.1. The Labute approximate surface area is 174 Å². The van der Waals surface area contributed by atoms with Crippen LogP contribution in [0, 0.1) is 0 Å². The van der Waals surface area contributed by atoms with Crippen molar-refractivity contribution in [2.45, 2.75) is 11.6 Å². The Morgan fingerprint density at radius 2 is 2.07 bits per heavy atom. The number of hydrogen-bond acceptors (Lipinski definition) is 6. The van der Waals surface area contributed by atoms with Gasteiger partial charge in [0.15, 0.2) is 0 Å². The highest BCUT2D eigenvalue weighted by Crippen LogP contribution is 2.41. The van der Waals surface area contributed by atoms with Crippen LogP contribution >= 0.6 is 27.3 Å². The number of benzene rings is 2. The molecule has 0 saturated carbocycles. The molecule has 0 amide bonds. The van der Waals surface area contributed by atoms with Crippen LogP contribution in [-0.2, 0) is 16.7 Å². The molecule has 3 aromatic rings. The van der Waals surface area contributed by atoms with Gasteiger partial charge in [0.2, 0.25) is 0 Å². The predicted octanol–water partition coefficient (Wildman–Crippen LogP) is 4.71. The first-order valence-electron chi connectivity index (χ1n) is 8.28. The summed E-state index contributed by atoms with van der Waals surface area (Å²) in [5.74, 6) is 0.472. The number of anilines is 3. The first kappa shape index (κ1) is 19.2. The van der Waals surface area contributed by atoms with E-state index in [1.54, 1.807) is 23.7 Å². The average molecular weight is 484 g/mol. The summed E-state index contributed by atoms with van der Waals surface area (Å²) in [5, 5.41) is 0.442. The lowest BCUT2D eigenvalue weighted by molar-refractivity contribution is 0.313. The van der Waals surface area contributed by atoms with E-state index < -0.39 is 16.7 Å². The number of alkyl halides is 1. The molecule has 2 aromatic carbocycles. The van der Waals surface area contributed by atoms with Gasteiger partial charge >= 0.3 is 0 Å². The molecule has 0 aliphatic carbocycles. The normalized spacial score (nSPS) is 13.7. The highest BCUT2D eigenvalue weighted by Gasteiger charge is 2.24. The van der Waals surface area contributed by atoms with Gasteiger partial charge in [-0.15, -0.1) is 11.3 Å². The maximum absolute atomic E-state index is 12.9. The van der Waals surface area contributed by atoms with E-state index >= 15 is 0 Å². The minimum Gasteiger partial charge on any atom is -0.489 e. The molecule has 1 aliphatic rings. The molecule has 0 radical (unpaired) electrons. The second-order valence-electron chi connectivity index (χ2n) is 6.02. The zero-order valence-corrected chi connectivity index (χ0v) is 17.7. The van der Waals surface area contributed by atoms with Crippen molar-refractivity contribution < 1.29 is 17.5 Å². The fourth-order valence-electron chi connectivity index (χ4n) is 2.93. The maximum atomic E-state index is 12.9. The summed E-state index contributed by atoms with van der Waals surface area (Å²) in [4.78, 5) is 5.98. The van der Waals surface area contributed by atoms with Gasteiger partial charge in [0.05, 0.1) is 34.5 Å². The van der Waals surface area contributed by atoms with Crippen molar-refractivity contribution in [3.05, 3.63) is 58.1 Å². The topological polar surface area (TPSA) is 71.5 Å². The van der Waals surface area contributed by atoms with Gasteiger partial charge in [0, 0.05) is 10.5 Å². The Hall–Kier alpha value is -2.17. The third-order valence-electron chi connectivity index (χ3n) is 4.23. The van der Waals surface area contributed by atoms with Gasteiger partial charge in [-0.2, -0.15) is 0 Å². The minimum absolute atomic E-state index is 0.105. The number of sulfonamides is 1. The monoisotopic (exact) mass is 483 g/mol. The molecule has 146 valence electrons. The second-order valence-corrected chi connectivity index (χ2v) is 9.44. The van der Waals surface area contributed by atoms with E-state index in [1.807, 2.05) is 11.0 Å². The average Bonchev–Trinajstić information content (AvgIpc) is 3.19. The van der Waals surface area contributed by atoms with Crippen molar-refractivity contribution in [3.63, 3.8) is 0 Å². The quantitative estimate of drug-likeness (QED) is 0.568. The molecule has 6 nitrogen and oxygen atoms in total. The molecule has 0 saturated heterocycles. The van der Waals surface area contributed by atoms with Crippen LogP contribution in [0.2, 0.25) is 0 Å². The van der Waals surface area contributed by atoms with Crippen LogP contribution in [0.5, 0.6) is 5.75 Å². The fraction of sp³-hybridized carbons (Fsp3) is 0.167. The molecule has 28 heavy (non-hydrogen) atoms. The van der Waals surface area contributed by atoms with Gasteiger partial charge in [-0.05, 0) is 45.8 Å². The van der Waals surface area contributed by atoms with Gasteiger partial charge < -0.3 is 9.64 Å². The molecular weight excluding hydrogens is 469 g/mol. The SMILES string of the molecule is O=S(=O)(Nc1cncs1)c1ccc2c(c1)OCCN2c1ccc(CF)cc1Br. The zero-order chi connectivity index (χ0) is 19.7. The fourth-order valence-corrected chi connectivity index (χ4v) is 5.39. The molecule has 0 bridgehead atoms. The van der Waals surface area contributed by atoms with Gasteiger partial charge in [0.25, 0.3) is 10.0 Å². The number of nitrogens with one attached hydrogen (secondary N) is 1. The predicted molar refractivity (Wildman–Crippen MR) is 111 cm³/mol. The van der Waals surface area contributed by atoms with Crippen LogP contribution in [0.3, 0.4) is 0 Å². The van der Waals surface area contributed by atoms with Crippen molar-refractivity contribution in [3.8, 4) is 5.75 Å². The van der Waals surface area contributed by atoms with Crippen molar-refractivity contribution in [1.29, 1.82) is 0 Å². The molecule has 0 unspecified atom stereocenters. The Kier molecular flexibility index (Phi) is 5.26. The smallest absolute Gasteiger partial charge is 0.262 e. The van der Waals surface area contributed by atoms with Gasteiger partial charge in [0.1, 0.15) is 24.0 Å². The zero-order valence-electron chi connectivity index (χ0n) is 14.4. The molecule has 10 heteroatoms. The molecule has 0 fully saturated rings. The van der Waals surface area contributed by atoms with E-state index in [2.05, 4.69) is 25.6 Å². The van der Waals surface area contributed by atoms with Crippen molar-refractivity contribution in [1.82, 2.24) is 4.98 Å². The summed E-state index contributed by atoms with van der Waals surface area (Å²) < 4.78 is 47.1. The Morgan fingerprint density at radius 1 is 1.25 bits per heavy atom. The highest BCUT2D eigenvalue weighted by atomic mass is 79.9. The number of hydrogen-bond donors (Lipinski definition) is 1. The standard InChI is InChI=1S/C18H15BrFN3O3S2/c19-14-7-12(9-20)1-3-15(14)23-5-6-26-17-8-13(2-4-16(17)23)28(24,25)22-18-10-21-11-27-18/h1-4,7-8,10-11,22H,5-6,9H2. The van der Waals surface area contributed by atoms with Crippen molar-refractivity contribution in [2.24, 2.45) is 0 Å². The molecule has 1 N–H and O–H groups in total. The Balaban J connectivity index is 1.68. The lowest BCUT2D eigenvalue weighted by atomic mass is 10.1. The van der Waals surface area contributed by atoms with E-state index in [9.17, 15) is 12.8 Å². The minimum atomic E-state index is -3.75. The van der Waals surface area contributed by atoms with E-state index in [-0.39, 0.29) is 4.90 Å². The van der Waals surface area contributed by atoms with Crippen molar-refractivity contribution >= 4 is 53.7 Å². The second kappa shape index (κ2) is 7.69. The number of aromatic nitrogens is 1. The summed E-state index contributed by atoms with van der Waals surface area (Å²) in [7, 11) is -3.75. The van der Waals surface area contributed by atoms with Gasteiger partial charge in [-0.3, -0.25) is 9.71 Å². The summed E-state index contributed by atoms with van der Waals surface area (Å²) in [5.41, 5.74) is 3.74. The highest BCUT2D eigenvalue weighted by molar-refractivity contribution is 9.10. The number of ether oxygens (including phenoxy) is 1. The molecular formula is C18H15BrFN3O3S2. The summed E-state index contributed by atoms with van der Waals surface area (Å²) >= 11 is 4.70. The van der Waals surface area contributed by atoms with E-state index in [1.165, 1.54) is 29.7 Å². The van der Waals surface area contributed by atoms with Crippen LogP contribution in [-0.4, -0.2) is 26.6 Å². The van der Waals surface area contributed by atoms with Crippen LogP contribution in [0.15, 0.2) is 57.5 Å². The first-order valence-corrected chi connectivity index (χ1v) is 11.4. The van der Waals surface area contributed by atoms with Gasteiger partial charge in [-0.25, -0.2) is 12.8 Å². The number of nitrogens with zero attached hydrogens (tertiary/aromatic N) is 2. The maximum Gasteiger partial charge on any atom is 0.262 e. The molecule has 2 heterocycles. The molecule has 1 aromatic heterocycles. The molecule has 1 aliphatic heterocycles.